The summed E-state index contributed by atoms with van der Waals surface area (Å²) in [6.45, 7) is 2.32. The van der Waals surface area contributed by atoms with Crippen molar-refractivity contribution in [2.75, 3.05) is 26.3 Å². The molecule has 1 saturated carbocycles. The van der Waals surface area contributed by atoms with E-state index in [-0.39, 0.29) is 11.1 Å². The number of nitrogens with zero attached hydrogens (tertiary/aromatic N) is 3. The minimum absolute atomic E-state index is 0.100. The van der Waals surface area contributed by atoms with Gasteiger partial charge in [0.15, 0.2) is 5.03 Å². The van der Waals surface area contributed by atoms with Gasteiger partial charge in [-0.05, 0) is 31.6 Å². The average Bonchev–Trinajstić information content (AvgIpc) is 3.16. The Hall–Kier alpha value is -0.960. The number of sulfonamides is 1. The molecule has 0 amide bonds. The highest BCUT2D eigenvalue weighted by atomic mass is 32.2. The van der Waals surface area contributed by atoms with Crippen LogP contribution in [0.3, 0.4) is 0 Å². The van der Waals surface area contributed by atoms with Crippen molar-refractivity contribution in [1.29, 1.82) is 0 Å². The Morgan fingerprint density at radius 3 is 3.00 bits per heavy atom. The molecular weight excluding hydrogens is 330 g/mol. The third-order valence-electron chi connectivity index (χ3n) is 5.23. The number of hydrogen-bond donors (Lipinski definition) is 0. The van der Waals surface area contributed by atoms with Crippen molar-refractivity contribution < 1.29 is 17.9 Å². The summed E-state index contributed by atoms with van der Waals surface area (Å²) in [5.74, 6) is 0.730. The highest BCUT2D eigenvalue weighted by molar-refractivity contribution is 7.89. The largest absolute Gasteiger partial charge is 0.375 e. The van der Waals surface area contributed by atoms with E-state index < -0.39 is 15.6 Å². The molecule has 8 heteroatoms. The lowest BCUT2D eigenvalue weighted by molar-refractivity contribution is -0.0357. The van der Waals surface area contributed by atoms with E-state index >= 15 is 0 Å². The lowest BCUT2D eigenvalue weighted by atomic mass is 9.90. The molecule has 0 radical (unpaired) electrons. The molecule has 0 unspecified atom stereocenters. The third kappa shape index (κ3) is 3.24. The Kier molecular flexibility index (Phi) is 4.19. The number of imidazole rings is 1. The molecule has 3 heterocycles. The zero-order chi connectivity index (χ0) is 16.8. The molecule has 2 atom stereocenters. The molecule has 0 aromatic carbocycles. The van der Waals surface area contributed by atoms with E-state index in [0.29, 0.717) is 19.7 Å². The van der Waals surface area contributed by atoms with Crippen molar-refractivity contribution in [2.45, 2.75) is 48.8 Å². The van der Waals surface area contributed by atoms with Gasteiger partial charge in [-0.25, -0.2) is 13.4 Å². The maximum atomic E-state index is 12.8. The summed E-state index contributed by atoms with van der Waals surface area (Å²) in [5, 5.41) is 0.113. The molecule has 1 aromatic heterocycles. The van der Waals surface area contributed by atoms with Gasteiger partial charge in [-0.2, -0.15) is 4.31 Å². The van der Waals surface area contributed by atoms with E-state index in [1.54, 1.807) is 17.8 Å². The number of aryl methyl sites for hydroxylation is 1. The predicted molar refractivity (Wildman–Crippen MR) is 87.0 cm³/mol. The van der Waals surface area contributed by atoms with Crippen LogP contribution in [0.2, 0.25) is 0 Å². The molecule has 3 fully saturated rings. The van der Waals surface area contributed by atoms with Crippen molar-refractivity contribution in [3.63, 3.8) is 0 Å². The molecule has 2 saturated heterocycles. The van der Waals surface area contributed by atoms with Crippen LogP contribution in [0.5, 0.6) is 0 Å². The normalized spacial score (nSPS) is 31.8. The van der Waals surface area contributed by atoms with Gasteiger partial charge in [0, 0.05) is 39.4 Å². The van der Waals surface area contributed by atoms with Gasteiger partial charge in [0.1, 0.15) is 0 Å². The quantitative estimate of drug-likeness (QED) is 0.792. The molecule has 0 N–H and O–H groups in total. The van der Waals surface area contributed by atoms with Crippen LogP contribution in [0, 0.1) is 5.92 Å². The van der Waals surface area contributed by atoms with E-state index in [1.165, 1.54) is 23.5 Å². The third-order valence-corrected chi connectivity index (χ3v) is 6.96. The second-order valence-electron chi connectivity index (χ2n) is 7.42. The molecule has 4 rings (SSSR count). The Bertz CT molecular complexity index is 700. The fourth-order valence-electron chi connectivity index (χ4n) is 3.67. The Labute approximate surface area is 143 Å². The molecule has 3 aliphatic rings. The zero-order valence-electron chi connectivity index (χ0n) is 14.1. The monoisotopic (exact) mass is 355 g/mol. The van der Waals surface area contributed by atoms with Crippen molar-refractivity contribution in [2.24, 2.45) is 13.0 Å². The van der Waals surface area contributed by atoms with Gasteiger partial charge in [0.2, 0.25) is 0 Å². The summed E-state index contributed by atoms with van der Waals surface area (Å²) >= 11 is 0. The number of aromatic nitrogens is 2. The Balaban J connectivity index is 1.43. The van der Waals surface area contributed by atoms with Crippen LogP contribution < -0.4 is 0 Å². The lowest BCUT2D eigenvalue weighted by Gasteiger charge is -2.38. The molecule has 24 heavy (non-hydrogen) atoms. The molecule has 1 aliphatic carbocycles. The summed E-state index contributed by atoms with van der Waals surface area (Å²) < 4.78 is 40.8. The maximum Gasteiger partial charge on any atom is 0.262 e. The number of ether oxygens (including phenoxy) is 2. The molecule has 1 aromatic rings. The fraction of sp³-hybridized carbons (Fsp3) is 0.812. The Morgan fingerprint density at radius 1 is 1.46 bits per heavy atom. The van der Waals surface area contributed by atoms with Gasteiger partial charge < -0.3 is 14.0 Å². The average molecular weight is 355 g/mol. The van der Waals surface area contributed by atoms with Crippen molar-refractivity contribution in [1.82, 2.24) is 13.9 Å². The second-order valence-corrected chi connectivity index (χ2v) is 9.30. The first kappa shape index (κ1) is 16.5. The van der Waals surface area contributed by atoms with E-state index in [9.17, 15) is 8.42 Å². The first-order chi connectivity index (χ1) is 11.5. The molecule has 1 spiro atoms. The van der Waals surface area contributed by atoms with E-state index in [0.717, 1.165) is 31.8 Å². The molecule has 134 valence electrons. The summed E-state index contributed by atoms with van der Waals surface area (Å²) in [5.41, 5.74) is -0.395. The summed E-state index contributed by atoms with van der Waals surface area (Å²) in [7, 11) is -1.79. The SMILES string of the molecule is Cn1cnc(S(=O)(=O)N2CCC[C@]3(C[C@H](OCC4CC4)CO3)C2)c1. The molecule has 0 bridgehead atoms. The zero-order valence-corrected chi connectivity index (χ0v) is 14.9. The molecule has 7 nitrogen and oxygen atoms in total. The second kappa shape index (κ2) is 6.09. The van der Waals surface area contributed by atoms with Gasteiger partial charge in [0.25, 0.3) is 10.0 Å². The van der Waals surface area contributed by atoms with Gasteiger partial charge >= 0.3 is 0 Å². The predicted octanol–water partition coefficient (Wildman–Crippen LogP) is 1.16. The van der Waals surface area contributed by atoms with E-state index in [1.807, 2.05) is 0 Å². The van der Waals surface area contributed by atoms with Crippen LogP contribution in [0.4, 0.5) is 0 Å². The topological polar surface area (TPSA) is 73.7 Å². The molecule has 2 aliphatic heterocycles. The van der Waals surface area contributed by atoms with E-state index in [2.05, 4.69) is 4.98 Å². The van der Waals surface area contributed by atoms with Crippen LogP contribution in [0.1, 0.15) is 32.1 Å². The minimum atomic E-state index is -3.56. The highest BCUT2D eigenvalue weighted by Gasteiger charge is 2.47. The Morgan fingerprint density at radius 2 is 2.29 bits per heavy atom. The standard InChI is InChI=1S/C16H25N3O4S/c1-18-8-15(17-12-18)24(20,21)19-6-2-5-16(11-19)7-14(10-23-16)22-9-13-3-4-13/h8,12-14H,2-7,9-11H2,1H3/t14-,16-/m0/s1. The van der Waals surface area contributed by atoms with Crippen LogP contribution in [0.25, 0.3) is 0 Å². The van der Waals surface area contributed by atoms with Crippen LogP contribution in [-0.4, -0.2) is 60.3 Å². The van der Waals surface area contributed by atoms with Crippen LogP contribution >= 0.6 is 0 Å². The van der Waals surface area contributed by atoms with Crippen LogP contribution in [0.15, 0.2) is 17.6 Å². The first-order valence-electron chi connectivity index (χ1n) is 8.71. The summed E-state index contributed by atoms with van der Waals surface area (Å²) in [6.07, 6.45) is 8.19. The fourth-order valence-corrected chi connectivity index (χ4v) is 5.19. The molecular formula is C16H25N3O4S. The van der Waals surface area contributed by atoms with Crippen LogP contribution in [-0.2, 0) is 26.5 Å². The first-order valence-corrected chi connectivity index (χ1v) is 10.1. The maximum absolute atomic E-state index is 12.8. The smallest absolute Gasteiger partial charge is 0.262 e. The summed E-state index contributed by atoms with van der Waals surface area (Å²) in [4.78, 5) is 4.02. The van der Waals surface area contributed by atoms with Gasteiger partial charge in [0.05, 0.1) is 24.6 Å². The summed E-state index contributed by atoms with van der Waals surface area (Å²) in [6, 6.07) is 0. The van der Waals surface area contributed by atoms with Gasteiger partial charge in [-0.3, -0.25) is 0 Å². The van der Waals surface area contributed by atoms with Gasteiger partial charge in [-0.1, -0.05) is 0 Å². The highest BCUT2D eigenvalue weighted by Crippen LogP contribution is 2.38. The number of hydrogen-bond acceptors (Lipinski definition) is 5. The van der Waals surface area contributed by atoms with E-state index in [4.69, 9.17) is 9.47 Å². The van der Waals surface area contributed by atoms with Gasteiger partial charge in [-0.15, -0.1) is 0 Å². The van der Waals surface area contributed by atoms with Crippen molar-refractivity contribution in [3.8, 4) is 0 Å². The minimum Gasteiger partial charge on any atom is -0.375 e. The number of piperidine rings is 1. The van der Waals surface area contributed by atoms with Crippen molar-refractivity contribution >= 4 is 10.0 Å². The number of rotatable bonds is 5. The van der Waals surface area contributed by atoms with Crippen molar-refractivity contribution in [3.05, 3.63) is 12.5 Å². The lowest BCUT2D eigenvalue weighted by Crippen LogP contribution is -2.50.